The average Bonchev–Trinajstić information content (AvgIpc) is 2.72. The van der Waals surface area contributed by atoms with Crippen LogP contribution in [0.25, 0.3) is 0 Å². The first-order chi connectivity index (χ1) is 9.16. The van der Waals surface area contributed by atoms with Crippen LogP contribution in [0.5, 0.6) is 0 Å². The summed E-state index contributed by atoms with van der Waals surface area (Å²) in [6.45, 7) is 1.04. The highest BCUT2D eigenvalue weighted by atomic mass is 16.6. The van der Waals surface area contributed by atoms with E-state index in [-0.39, 0.29) is 11.9 Å². The average molecular weight is 255 g/mol. The third-order valence-corrected chi connectivity index (χ3v) is 3.91. The fraction of sp³-hybridized carbons (Fsp3) is 0.333. The Morgan fingerprint density at radius 1 is 1.32 bits per heavy atom. The van der Waals surface area contributed by atoms with Gasteiger partial charge in [-0.2, -0.15) is 0 Å². The van der Waals surface area contributed by atoms with Gasteiger partial charge in [-0.1, -0.05) is 18.2 Å². The van der Waals surface area contributed by atoms with Crippen LogP contribution >= 0.6 is 0 Å². The molecule has 2 heterocycles. The molecule has 0 atom stereocenters. The van der Waals surface area contributed by atoms with Crippen molar-refractivity contribution in [2.45, 2.75) is 18.4 Å². The predicted molar refractivity (Wildman–Crippen MR) is 68.2 cm³/mol. The van der Waals surface area contributed by atoms with Crippen molar-refractivity contribution in [3.63, 3.8) is 0 Å². The standard InChI is InChI=1S/C15H13NO3/c1-2-13(17)16-9-7-15(8-10-16)12-6-4-3-5-11(12)14(18)19-15/h1,3-6H,7-10H2. The Balaban J connectivity index is 1.87. The van der Waals surface area contributed by atoms with Gasteiger partial charge in [-0.15, -0.1) is 6.42 Å². The van der Waals surface area contributed by atoms with Crippen LogP contribution < -0.4 is 0 Å². The monoisotopic (exact) mass is 255 g/mol. The first-order valence-electron chi connectivity index (χ1n) is 6.25. The maximum atomic E-state index is 11.9. The molecule has 96 valence electrons. The SMILES string of the molecule is C#CC(=O)N1CCC2(CC1)OC(=O)c1ccccc12. The molecule has 19 heavy (non-hydrogen) atoms. The molecule has 0 aromatic heterocycles. The van der Waals surface area contributed by atoms with Gasteiger partial charge in [0.05, 0.1) is 5.56 Å². The lowest BCUT2D eigenvalue weighted by Crippen LogP contribution is -2.45. The molecular weight excluding hydrogens is 242 g/mol. The van der Waals surface area contributed by atoms with Crippen LogP contribution in [0.4, 0.5) is 0 Å². The highest BCUT2D eigenvalue weighted by Crippen LogP contribution is 2.43. The van der Waals surface area contributed by atoms with Crippen LogP contribution in [0.1, 0.15) is 28.8 Å². The molecule has 0 unspecified atom stereocenters. The van der Waals surface area contributed by atoms with E-state index in [2.05, 4.69) is 5.92 Å². The van der Waals surface area contributed by atoms with Gasteiger partial charge in [-0.05, 0) is 12.0 Å². The molecule has 3 rings (SSSR count). The van der Waals surface area contributed by atoms with Crippen molar-refractivity contribution in [1.82, 2.24) is 4.90 Å². The lowest BCUT2D eigenvalue weighted by atomic mass is 9.84. The molecular formula is C15H13NO3. The molecule has 0 N–H and O–H groups in total. The van der Waals surface area contributed by atoms with E-state index in [1.54, 1.807) is 11.0 Å². The number of amides is 1. The van der Waals surface area contributed by atoms with E-state index in [9.17, 15) is 9.59 Å². The van der Waals surface area contributed by atoms with Crippen molar-refractivity contribution in [3.05, 3.63) is 35.4 Å². The quantitative estimate of drug-likeness (QED) is 0.518. The second-order valence-corrected chi connectivity index (χ2v) is 4.87. The number of ether oxygens (including phenoxy) is 1. The van der Waals surface area contributed by atoms with Gasteiger partial charge in [-0.25, -0.2) is 4.79 Å². The largest absolute Gasteiger partial charge is 0.450 e. The maximum Gasteiger partial charge on any atom is 0.339 e. The number of hydrogen-bond acceptors (Lipinski definition) is 3. The molecule has 0 radical (unpaired) electrons. The van der Waals surface area contributed by atoms with Crippen molar-refractivity contribution in [1.29, 1.82) is 0 Å². The number of esters is 1. The fourth-order valence-corrected chi connectivity index (χ4v) is 2.88. The summed E-state index contributed by atoms with van der Waals surface area (Å²) in [5, 5.41) is 0. The van der Waals surface area contributed by atoms with Crippen molar-refractivity contribution in [3.8, 4) is 12.3 Å². The van der Waals surface area contributed by atoms with Crippen LogP contribution in [0.2, 0.25) is 0 Å². The number of nitrogens with zero attached hydrogens (tertiary/aromatic N) is 1. The molecule has 1 aromatic carbocycles. The normalized spacial score (nSPS) is 19.7. The Kier molecular flexibility index (Phi) is 2.56. The Morgan fingerprint density at radius 2 is 2.00 bits per heavy atom. The van der Waals surface area contributed by atoms with Crippen molar-refractivity contribution in [2.75, 3.05) is 13.1 Å². The fourth-order valence-electron chi connectivity index (χ4n) is 2.88. The van der Waals surface area contributed by atoms with Crippen LogP contribution in [0.15, 0.2) is 24.3 Å². The smallest absolute Gasteiger partial charge is 0.339 e. The van der Waals surface area contributed by atoms with Gasteiger partial charge in [0.25, 0.3) is 5.91 Å². The Labute approximate surface area is 111 Å². The Morgan fingerprint density at radius 3 is 2.68 bits per heavy atom. The van der Waals surface area contributed by atoms with Gasteiger partial charge in [0, 0.05) is 31.5 Å². The van der Waals surface area contributed by atoms with E-state index >= 15 is 0 Å². The topological polar surface area (TPSA) is 46.6 Å². The number of rotatable bonds is 0. The molecule has 4 nitrogen and oxygen atoms in total. The van der Waals surface area contributed by atoms with E-state index in [0.717, 1.165) is 5.56 Å². The minimum absolute atomic E-state index is 0.271. The van der Waals surface area contributed by atoms with E-state index in [1.165, 1.54) is 0 Å². The van der Waals surface area contributed by atoms with Gasteiger partial charge in [0.2, 0.25) is 0 Å². The Hall–Kier alpha value is -2.28. The summed E-state index contributed by atoms with van der Waals surface area (Å²) < 4.78 is 5.59. The minimum atomic E-state index is -0.570. The van der Waals surface area contributed by atoms with E-state index in [1.807, 2.05) is 18.2 Å². The maximum absolute atomic E-state index is 11.9. The molecule has 2 aliphatic heterocycles. The molecule has 4 heteroatoms. The number of piperidine rings is 1. The number of carbonyl (C=O) groups excluding carboxylic acids is 2. The van der Waals surface area contributed by atoms with Crippen LogP contribution in [-0.4, -0.2) is 29.9 Å². The first kappa shape index (κ1) is 11.8. The number of hydrogen-bond donors (Lipinski definition) is 0. The third-order valence-electron chi connectivity index (χ3n) is 3.91. The van der Waals surface area contributed by atoms with E-state index < -0.39 is 5.60 Å². The molecule has 0 bridgehead atoms. The molecule has 1 fully saturated rings. The lowest BCUT2D eigenvalue weighted by molar-refractivity contribution is -0.129. The second-order valence-electron chi connectivity index (χ2n) is 4.87. The summed E-state index contributed by atoms with van der Waals surface area (Å²) in [5.74, 6) is 1.55. The van der Waals surface area contributed by atoms with Gasteiger partial charge < -0.3 is 9.64 Å². The molecule has 0 saturated carbocycles. The minimum Gasteiger partial charge on any atom is -0.450 e. The van der Waals surface area contributed by atoms with Crippen molar-refractivity contribution in [2.24, 2.45) is 0 Å². The number of carbonyl (C=O) groups is 2. The summed E-state index contributed by atoms with van der Waals surface area (Å²) in [7, 11) is 0. The van der Waals surface area contributed by atoms with Crippen LogP contribution in [0.3, 0.4) is 0 Å². The Bertz CT molecular complexity index is 592. The summed E-state index contributed by atoms with van der Waals surface area (Å²) in [4.78, 5) is 25.0. The lowest BCUT2D eigenvalue weighted by Gasteiger charge is -2.37. The van der Waals surface area contributed by atoms with E-state index in [4.69, 9.17) is 11.2 Å². The first-order valence-corrected chi connectivity index (χ1v) is 6.25. The van der Waals surface area contributed by atoms with Gasteiger partial charge in [-0.3, -0.25) is 4.79 Å². The molecule has 1 aromatic rings. The van der Waals surface area contributed by atoms with Crippen LogP contribution in [-0.2, 0) is 15.1 Å². The highest BCUT2D eigenvalue weighted by molar-refractivity contribution is 5.95. The second kappa shape index (κ2) is 4.13. The van der Waals surface area contributed by atoms with Gasteiger partial charge in [0.1, 0.15) is 5.60 Å². The van der Waals surface area contributed by atoms with E-state index in [0.29, 0.717) is 31.5 Å². The molecule has 0 aliphatic carbocycles. The summed E-state index contributed by atoms with van der Waals surface area (Å²) >= 11 is 0. The zero-order valence-corrected chi connectivity index (χ0v) is 10.4. The number of likely N-dealkylation sites (tertiary alicyclic amines) is 1. The summed E-state index contributed by atoms with van der Waals surface area (Å²) in [6.07, 6.45) is 6.32. The van der Waals surface area contributed by atoms with Crippen molar-refractivity contribution < 1.29 is 14.3 Å². The summed E-state index contributed by atoms with van der Waals surface area (Å²) in [5.41, 5.74) is 1.01. The molecule has 2 aliphatic rings. The molecule has 1 spiro atoms. The number of benzene rings is 1. The van der Waals surface area contributed by atoms with Gasteiger partial charge in [0.15, 0.2) is 0 Å². The zero-order valence-electron chi connectivity index (χ0n) is 10.4. The highest BCUT2D eigenvalue weighted by Gasteiger charge is 2.47. The number of fused-ring (bicyclic) bond motifs is 2. The number of terminal acetylenes is 1. The molecule has 1 saturated heterocycles. The molecule has 1 amide bonds. The van der Waals surface area contributed by atoms with Crippen molar-refractivity contribution >= 4 is 11.9 Å². The van der Waals surface area contributed by atoms with Gasteiger partial charge >= 0.3 is 5.97 Å². The van der Waals surface area contributed by atoms with Crippen LogP contribution in [0, 0.1) is 12.3 Å². The summed E-state index contributed by atoms with van der Waals surface area (Å²) in [6, 6.07) is 7.45. The predicted octanol–water partition coefficient (Wildman–Crippen LogP) is 1.31. The zero-order chi connectivity index (χ0) is 13.5. The third kappa shape index (κ3) is 1.70.